The lowest BCUT2D eigenvalue weighted by atomic mass is 9.98. The van der Waals surface area contributed by atoms with Crippen molar-refractivity contribution in [1.29, 1.82) is 0 Å². The number of nitrogens with zero attached hydrogens (tertiary/aromatic N) is 1. The van der Waals surface area contributed by atoms with Gasteiger partial charge in [-0.3, -0.25) is 0 Å². The lowest BCUT2D eigenvalue weighted by molar-refractivity contribution is 0.143. The van der Waals surface area contributed by atoms with E-state index in [1.807, 2.05) is 24.3 Å². The summed E-state index contributed by atoms with van der Waals surface area (Å²) < 4.78 is 5.49. The second-order valence-electron chi connectivity index (χ2n) is 6.76. The van der Waals surface area contributed by atoms with E-state index in [9.17, 15) is 4.79 Å². The van der Waals surface area contributed by atoms with Gasteiger partial charge in [0.25, 0.3) is 0 Å². The molecule has 4 nitrogen and oxygen atoms in total. The molecule has 1 aliphatic rings. The Morgan fingerprint density at radius 2 is 1.70 bits per heavy atom. The molecule has 0 unspecified atom stereocenters. The largest absolute Gasteiger partial charge is 0.449 e. The third kappa shape index (κ3) is 4.28. The SMILES string of the molecule is O=C(NCCC#Cc1c(Cl)ccnc1Cl)OCC1c2ccccc2-c2ccccc21. The summed E-state index contributed by atoms with van der Waals surface area (Å²) in [6.07, 6.45) is 1.50. The standard InChI is InChI=1S/C24H18Cl2N2O2/c25-22-12-14-27-23(26)20(22)11-5-6-13-28-24(29)30-15-21-18-9-3-1-7-16(18)17-8-2-4-10-19(17)21/h1-4,7-10,12,14,21H,6,13,15H2,(H,28,29). The molecule has 150 valence electrons. The molecule has 1 aliphatic carbocycles. The average molecular weight is 437 g/mol. The molecule has 3 aromatic rings. The van der Waals surface area contributed by atoms with Crippen LogP contribution < -0.4 is 5.32 Å². The Labute approximate surface area is 185 Å². The highest BCUT2D eigenvalue weighted by molar-refractivity contribution is 6.35. The van der Waals surface area contributed by atoms with Crippen LogP contribution in [0.25, 0.3) is 11.1 Å². The number of amides is 1. The zero-order chi connectivity index (χ0) is 20.9. The number of nitrogens with one attached hydrogen (secondary N) is 1. The van der Waals surface area contributed by atoms with Gasteiger partial charge in [0.05, 0.1) is 10.6 Å². The molecule has 0 saturated heterocycles. The highest BCUT2D eigenvalue weighted by Gasteiger charge is 2.28. The third-order valence-electron chi connectivity index (χ3n) is 4.93. The molecule has 0 aliphatic heterocycles. The molecular formula is C24H18Cl2N2O2. The molecule has 1 heterocycles. The highest BCUT2D eigenvalue weighted by atomic mass is 35.5. The maximum atomic E-state index is 12.1. The van der Waals surface area contributed by atoms with Crippen LogP contribution in [0.1, 0.15) is 29.0 Å². The minimum absolute atomic E-state index is 0.0396. The predicted molar refractivity (Wildman–Crippen MR) is 119 cm³/mol. The van der Waals surface area contributed by atoms with E-state index >= 15 is 0 Å². The Morgan fingerprint density at radius 3 is 2.37 bits per heavy atom. The van der Waals surface area contributed by atoms with Crippen LogP contribution in [0, 0.1) is 11.8 Å². The average Bonchev–Trinajstić information content (AvgIpc) is 3.08. The molecule has 0 atom stereocenters. The zero-order valence-electron chi connectivity index (χ0n) is 16.0. The number of halogens is 2. The fourth-order valence-electron chi connectivity index (χ4n) is 3.55. The first kappa shape index (κ1) is 20.3. The van der Waals surface area contributed by atoms with E-state index in [0.29, 0.717) is 23.6 Å². The Morgan fingerprint density at radius 1 is 1.03 bits per heavy atom. The molecule has 30 heavy (non-hydrogen) atoms. The first-order valence-corrected chi connectivity index (χ1v) is 10.3. The van der Waals surface area contributed by atoms with Gasteiger partial charge in [0.15, 0.2) is 0 Å². The van der Waals surface area contributed by atoms with Gasteiger partial charge in [-0.25, -0.2) is 9.78 Å². The molecule has 0 fully saturated rings. The molecule has 1 N–H and O–H groups in total. The Kier molecular flexibility index (Phi) is 6.23. The van der Waals surface area contributed by atoms with Crippen LogP contribution >= 0.6 is 23.2 Å². The van der Waals surface area contributed by atoms with E-state index < -0.39 is 6.09 Å². The monoisotopic (exact) mass is 436 g/mol. The zero-order valence-corrected chi connectivity index (χ0v) is 17.5. The molecule has 0 spiro atoms. The van der Waals surface area contributed by atoms with Gasteiger partial charge in [0, 0.05) is 25.1 Å². The number of benzene rings is 2. The number of aromatic nitrogens is 1. The van der Waals surface area contributed by atoms with E-state index in [2.05, 4.69) is 46.4 Å². The van der Waals surface area contributed by atoms with Gasteiger partial charge in [-0.1, -0.05) is 83.6 Å². The minimum atomic E-state index is -0.462. The van der Waals surface area contributed by atoms with Crippen molar-refractivity contribution in [3.8, 4) is 23.0 Å². The fraction of sp³-hybridized carbons (Fsp3) is 0.167. The molecule has 2 aromatic carbocycles. The molecule has 4 rings (SSSR count). The van der Waals surface area contributed by atoms with E-state index in [0.717, 1.165) is 0 Å². The van der Waals surface area contributed by atoms with Crippen molar-refractivity contribution in [2.24, 2.45) is 0 Å². The van der Waals surface area contributed by atoms with E-state index in [1.54, 1.807) is 6.07 Å². The van der Waals surface area contributed by atoms with Crippen LogP contribution in [0.15, 0.2) is 60.8 Å². The number of carbonyl (C=O) groups is 1. The maximum Gasteiger partial charge on any atom is 0.407 e. The number of fused-ring (bicyclic) bond motifs is 3. The van der Waals surface area contributed by atoms with Crippen molar-refractivity contribution in [3.63, 3.8) is 0 Å². The Bertz CT molecular complexity index is 1090. The number of alkyl carbamates (subject to hydrolysis) is 1. The summed E-state index contributed by atoms with van der Waals surface area (Å²) in [5.74, 6) is 5.86. The van der Waals surface area contributed by atoms with E-state index in [1.165, 1.54) is 28.5 Å². The van der Waals surface area contributed by atoms with Crippen molar-refractivity contribution in [3.05, 3.63) is 87.7 Å². The van der Waals surface area contributed by atoms with Crippen LogP contribution in [0.3, 0.4) is 0 Å². The van der Waals surface area contributed by atoms with E-state index in [4.69, 9.17) is 27.9 Å². The highest BCUT2D eigenvalue weighted by Crippen LogP contribution is 2.44. The molecule has 1 amide bonds. The summed E-state index contributed by atoms with van der Waals surface area (Å²) in [5.41, 5.74) is 5.25. The second-order valence-corrected chi connectivity index (χ2v) is 7.53. The van der Waals surface area contributed by atoms with Crippen LogP contribution in [-0.4, -0.2) is 24.2 Å². The number of pyridine rings is 1. The fourth-order valence-corrected chi connectivity index (χ4v) is 4.00. The number of ether oxygens (including phenoxy) is 1. The maximum absolute atomic E-state index is 12.1. The number of rotatable bonds is 4. The van der Waals surface area contributed by atoms with Crippen LogP contribution in [0.4, 0.5) is 4.79 Å². The van der Waals surface area contributed by atoms with Crippen molar-refractivity contribution < 1.29 is 9.53 Å². The van der Waals surface area contributed by atoms with Gasteiger partial charge in [0.2, 0.25) is 0 Å². The van der Waals surface area contributed by atoms with Crippen molar-refractivity contribution >= 4 is 29.3 Å². The van der Waals surface area contributed by atoms with Gasteiger partial charge in [-0.2, -0.15) is 0 Å². The lowest BCUT2D eigenvalue weighted by Gasteiger charge is -2.14. The summed E-state index contributed by atoms with van der Waals surface area (Å²) in [7, 11) is 0. The second kappa shape index (κ2) is 9.21. The first-order valence-electron chi connectivity index (χ1n) is 9.53. The first-order chi connectivity index (χ1) is 14.6. The quantitative estimate of drug-likeness (QED) is 0.325. The van der Waals surface area contributed by atoms with Crippen molar-refractivity contribution in [2.75, 3.05) is 13.2 Å². The van der Waals surface area contributed by atoms with Crippen molar-refractivity contribution in [1.82, 2.24) is 10.3 Å². The Hall–Kier alpha value is -3.00. The molecule has 1 aromatic heterocycles. The van der Waals surface area contributed by atoms with Gasteiger partial charge >= 0.3 is 6.09 Å². The van der Waals surface area contributed by atoms with Crippen LogP contribution in [0.5, 0.6) is 0 Å². The number of carbonyl (C=O) groups excluding carboxylic acids is 1. The number of hydrogen-bond acceptors (Lipinski definition) is 3. The van der Waals surface area contributed by atoms with Gasteiger partial charge < -0.3 is 10.1 Å². The van der Waals surface area contributed by atoms with Gasteiger partial charge in [0.1, 0.15) is 11.8 Å². The van der Waals surface area contributed by atoms with Crippen LogP contribution in [-0.2, 0) is 4.74 Å². The topological polar surface area (TPSA) is 51.2 Å². The smallest absolute Gasteiger partial charge is 0.407 e. The molecule has 0 bridgehead atoms. The Balaban J connectivity index is 1.31. The van der Waals surface area contributed by atoms with E-state index in [-0.39, 0.29) is 17.7 Å². The van der Waals surface area contributed by atoms with Gasteiger partial charge in [-0.15, -0.1) is 0 Å². The van der Waals surface area contributed by atoms with Crippen LogP contribution in [0.2, 0.25) is 10.2 Å². The molecule has 0 saturated carbocycles. The lowest BCUT2D eigenvalue weighted by Crippen LogP contribution is -2.26. The summed E-state index contributed by atoms with van der Waals surface area (Å²) in [4.78, 5) is 16.1. The summed E-state index contributed by atoms with van der Waals surface area (Å²) in [6, 6.07) is 18.1. The third-order valence-corrected chi connectivity index (χ3v) is 5.53. The summed E-state index contributed by atoms with van der Waals surface area (Å²) >= 11 is 12.0. The predicted octanol–water partition coefficient (Wildman–Crippen LogP) is 5.67. The molecular weight excluding hydrogens is 419 g/mol. The van der Waals surface area contributed by atoms with Gasteiger partial charge in [-0.05, 0) is 28.3 Å². The summed E-state index contributed by atoms with van der Waals surface area (Å²) in [6.45, 7) is 0.644. The van der Waals surface area contributed by atoms with Crippen molar-refractivity contribution in [2.45, 2.75) is 12.3 Å². The molecule has 0 radical (unpaired) electrons. The normalized spacial score (nSPS) is 11.8. The number of hydrogen-bond donors (Lipinski definition) is 1. The molecule has 6 heteroatoms. The minimum Gasteiger partial charge on any atom is -0.449 e. The summed E-state index contributed by atoms with van der Waals surface area (Å²) in [5, 5.41) is 3.44.